The molecule has 0 fully saturated rings. The molecular formula is C24H21N2NaO5. The molecule has 0 aliphatic rings. The summed E-state index contributed by atoms with van der Waals surface area (Å²) in [6.45, 7) is 0. The number of aromatic hydroxyl groups is 1. The molecule has 0 spiro atoms. The van der Waals surface area contributed by atoms with Gasteiger partial charge in [0.15, 0.2) is 0 Å². The van der Waals surface area contributed by atoms with Crippen molar-refractivity contribution < 1.29 is 54.5 Å². The average molecular weight is 440 g/mol. The van der Waals surface area contributed by atoms with Crippen LogP contribution in [0.2, 0.25) is 0 Å². The number of aliphatic carboxylic acids is 1. The first-order valence-corrected chi connectivity index (χ1v) is 9.58. The van der Waals surface area contributed by atoms with Crippen LogP contribution in [0.15, 0.2) is 83.9 Å². The number of rotatable bonds is 8. The summed E-state index contributed by atoms with van der Waals surface area (Å²) >= 11 is 0. The molecule has 0 aliphatic heterocycles. The van der Waals surface area contributed by atoms with E-state index < -0.39 is 24.0 Å². The van der Waals surface area contributed by atoms with Crippen molar-refractivity contribution in [2.45, 2.75) is 18.6 Å². The van der Waals surface area contributed by atoms with E-state index in [0.29, 0.717) is 16.8 Å². The Morgan fingerprint density at radius 1 is 1.00 bits per heavy atom. The maximum atomic E-state index is 12.3. The van der Waals surface area contributed by atoms with Crippen molar-refractivity contribution in [3.8, 4) is 5.75 Å². The van der Waals surface area contributed by atoms with E-state index in [1.165, 1.54) is 24.4 Å². The van der Waals surface area contributed by atoms with Crippen molar-refractivity contribution in [2.24, 2.45) is 4.99 Å². The third kappa shape index (κ3) is 7.03. The third-order valence-corrected chi connectivity index (χ3v) is 4.59. The Hall–Kier alpha value is -2.97. The van der Waals surface area contributed by atoms with Crippen LogP contribution in [0.25, 0.3) is 0 Å². The van der Waals surface area contributed by atoms with Gasteiger partial charge in [0.05, 0.1) is 24.1 Å². The van der Waals surface area contributed by atoms with Crippen LogP contribution in [0.4, 0.5) is 5.69 Å². The predicted octanol–water partition coefficient (Wildman–Crippen LogP) is -1.34. The number of benzene rings is 3. The summed E-state index contributed by atoms with van der Waals surface area (Å²) < 4.78 is 0. The van der Waals surface area contributed by atoms with Crippen molar-refractivity contribution in [2.75, 3.05) is 0 Å². The fourth-order valence-corrected chi connectivity index (χ4v) is 2.99. The molecule has 32 heavy (non-hydrogen) atoms. The van der Waals surface area contributed by atoms with Gasteiger partial charge in [-0.2, -0.15) is 0 Å². The van der Waals surface area contributed by atoms with Gasteiger partial charge in [-0.15, -0.1) is 0 Å². The number of carboxylic acids is 1. The summed E-state index contributed by atoms with van der Waals surface area (Å²) in [4.78, 5) is 28.1. The smallest absolute Gasteiger partial charge is 0.548 e. The number of nitrogens with one attached hydrogen (secondary N) is 1. The third-order valence-electron chi connectivity index (χ3n) is 4.59. The molecule has 3 aromatic carbocycles. The van der Waals surface area contributed by atoms with Gasteiger partial charge in [0, 0.05) is 11.8 Å². The number of aliphatic hydroxyl groups is 1. The summed E-state index contributed by atoms with van der Waals surface area (Å²) in [6.07, 6.45) is -0.106. The van der Waals surface area contributed by atoms with E-state index in [4.69, 9.17) is 0 Å². The van der Waals surface area contributed by atoms with Crippen LogP contribution in [-0.2, 0) is 16.0 Å². The van der Waals surface area contributed by atoms with Gasteiger partial charge in [0.2, 0.25) is 5.91 Å². The Balaban J connectivity index is 0.00000363. The molecule has 2 atom stereocenters. The molecule has 0 saturated heterocycles. The van der Waals surface area contributed by atoms with E-state index in [1.807, 2.05) is 6.07 Å². The number of para-hydroxylation sites is 1. The van der Waals surface area contributed by atoms with Gasteiger partial charge in [-0.05, 0) is 35.4 Å². The quantitative estimate of drug-likeness (QED) is 0.296. The minimum Gasteiger partial charge on any atom is -0.548 e. The van der Waals surface area contributed by atoms with Gasteiger partial charge in [-0.3, -0.25) is 9.79 Å². The molecule has 0 saturated carbocycles. The van der Waals surface area contributed by atoms with E-state index in [-0.39, 0.29) is 47.3 Å². The topological polar surface area (TPSA) is 122 Å². The number of aliphatic hydroxyl groups excluding tert-OH is 1. The molecule has 0 bridgehead atoms. The monoisotopic (exact) mass is 440 g/mol. The number of aliphatic imine (C=N–C) groups is 1. The first-order valence-electron chi connectivity index (χ1n) is 9.58. The zero-order chi connectivity index (χ0) is 22.2. The Morgan fingerprint density at radius 3 is 2.38 bits per heavy atom. The van der Waals surface area contributed by atoms with Crippen LogP contribution in [0.3, 0.4) is 0 Å². The number of hydrogen-bond acceptors (Lipinski definition) is 6. The fourth-order valence-electron chi connectivity index (χ4n) is 2.99. The summed E-state index contributed by atoms with van der Waals surface area (Å²) in [5.74, 6) is -2.08. The first-order chi connectivity index (χ1) is 14.9. The van der Waals surface area contributed by atoms with Crippen molar-refractivity contribution in [3.63, 3.8) is 0 Å². The van der Waals surface area contributed by atoms with Gasteiger partial charge in [-0.1, -0.05) is 54.6 Å². The van der Waals surface area contributed by atoms with E-state index in [9.17, 15) is 24.9 Å². The summed E-state index contributed by atoms with van der Waals surface area (Å²) in [5.41, 5.74) is 1.91. The number of phenols is 1. The molecule has 3 aromatic rings. The maximum Gasteiger partial charge on any atom is 1.00 e. The van der Waals surface area contributed by atoms with Crippen molar-refractivity contribution in [1.29, 1.82) is 0 Å². The number of carboxylic acid groups (broad SMARTS) is 1. The second-order valence-corrected chi connectivity index (χ2v) is 6.88. The van der Waals surface area contributed by atoms with Gasteiger partial charge in [0.1, 0.15) is 11.9 Å². The van der Waals surface area contributed by atoms with E-state index >= 15 is 0 Å². The predicted molar refractivity (Wildman–Crippen MR) is 114 cm³/mol. The molecule has 1 amide bonds. The minimum atomic E-state index is -1.63. The number of hydrogen-bond donors (Lipinski definition) is 3. The molecule has 0 unspecified atom stereocenters. The Morgan fingerprint density at radius 2 is 1.69 bits per heavy atom. The summed E-state index contributed by atoms with van der Waals surface area (Å²) in [6, 6.07) is 20.2. The molecule has 8 heteroatoms. The average Bonchev–Trinajstić information content (AvgIpc) is 2.77. The maximum absolute atomic E-state index is 12.3. The van der Waals surface area contributed by atoms with Gasteiger partial charge in [0.25, 0.3) is 0 Å². The van der Waals surface area contributed by atoms with Crippen LogP contribution < -0.4 is 40.0 Å². The van der Waals surface area contributed by atoms with Crippen molar-refractivity contribution in [1.82, 2.24) is 5.32 Å². The molecule has 0 aromatic heterocycles. The number of carbonyl (C=O) groups excluding carboxylic acids is 2. The van der Waals surface area contributed by atoms with Crippen molar-refractivity contribution >= 4 is 23.8 Å². The first kappa shape index (κ1) is 25.3. The molecule has 7 nitrogen and oxygen atoms in total. The largest absolute Gasteiger partial charge is 1.00 e. The van der Waals surface area contributed by atoms with E-state index in [0.717, 1.165) is 0 Å². The molecule has 158 valence electrons. The van der Waals surface area contributed by atoms with Crippen molar-refractivity contribution in [3.05, 3.63) is 95.6 Å². The number of phenolic OH excluding ortho intramolecular Hbond substituents is 1. The van der Waals surface area contributed by atoms with Crippen LogP contribution in [0.1, 0.15) is 22.8 Å². The van der Waals surface area contributed by atoms with Gasteiger partial charge in [-0.25, -0.2) is 0 Å². The zero-order valence-electron chi connectivity index (χ0n) is 17.5. The summed E-state index contributed by atoms with van der Waals surface area (Å²) in [7, 11) is 0. The molecular weight excluding hydrogens is 419 g/mol. The van der Waals surface area contributed by atoms with Crippen LogP contribution in [0, 0.1) is 0 Å². The normalized spacial score (nSPS) is 12.5. The van der Waals surface area contributed by atoms with Crippen LogP contribution in [-0.4, -0.2) is 34.3 Å². The number of nitrogens with zero attached hydrogens (tertiary/aromatic N) is 1. The Bertz CT molecular complexity index is 1090. The van der Waals surface area contributed by atoms with Crippen LogP contribution in [0.5, 0.6) is 5.75 Å². The SMILES string of the molecule is O=C(Cc1ccccc1)N[C@H](C(=O)[O-])[C@H](O)c1cccc(N=Cc2ccccc2O)c1.[Na+]. The molecule has 3 N–H and O–H groups in total. The zero-order valence-corrected chi connectivity index (χ0v) is 19.5. The van der Waals surface area contributed by atoms with E-state index in [1.54, 1.807) is 54.6 Å². The standard InChI is InChI=1S/C24H22N2O5.Na/c27-20-12-5-4-9-18(20)15-25-19-11-6-10-17(14-19)23(29)22(24(30)31)26-21(28)13-16-7-2-1-3-8-16;/h1-12,14-15,22-23,27,29H,13H2,(H,26,28)(H,30,31);/q;+1/p-1/t22-,23+;/m0./s1. The Labute approximate surface area is 207 Å². The van der Waals surface area contributed by atoms with Gasteiger partial charge < -0.3 is 25.4 Å². The summed E-state index contributed by atoms with van der Waals surface area (Å²) in [5, 5.41) is 34.3. The van der Waals surface area contributed by atoms with Crippen LogP contribution >= 0.6 is 0 Å². The van der Waals surface area contributed by atoms with E-state index in [2.05, 4.69) is 10.3 Å². The molecule has 0 radical (unpaired) electrons. The van der Waals surface area contributed by atoms with Gasteiger partial charge >= 0.3 is 29.6 Å². The number of carbonyl (C=O) groups is 2. The second kappa shape index (κ2) is 12.2. The molecule has 3 rings (SSSR count). The Kier molecular flexibility index (Phi) is 9.61. The molecule has 0 heterocycles. The fraction of sp³-hybridized carbons (Fsp3) is 0.125. The second-order valence-electron chi connectivity index (χ2n) is 6.88. The number of amides is 1. The minimum absolute atomic E-state index is 0. The molecule has 0 aliphatic carbocycles.